The first kappa shape index (κ1) is 21.3. The molecule has 0 aliphatic heterocycles. The fourth-order valence-electron chi connectivity index (χ4n) is 2.68. The number of likely N-dealkylation sites (N-methyl/N-ethyl adjacent to an activating group) is 1. The second-order valence-corrected chi connectivity index (χ2v) is 6.09. The number of rotatable bonds is 11. The Balaban J connectivity index is 5.32. The standard InChI is InChI=1S/C21H36N2/c1-10-13-21(11-2)23(16(4)5)20(9)18(7)15-14-17(6)19(8)22-12-3/h14-15,21-22H,4,6,8,10-13H2,1-3,5,7,9H3/b15-14-,20-18+. The van der Waals surface area contributed by atoms with E-state index in [4.69, 9.17) is 0 Å². The highest BCUT2D eigenvalue weighted by atomic mass is 15.2. The zero-order valence-corrected chi connectivity index (χ0v) is 16.1. The number of allylic oxidation sites excluding steroid dienone is 5. The van der Waals surface area contributed by atoms with Crippen LogP contribution in [-0.2, 0) is 0 Å². The van der Waals surface area contributed by atoms with Crippen molar-refractivity contribution < 1.29 is 0 Å². The van der Waals surface area contributed by atoms with E-state index in [2.05, 4.69) is 77.6 Å². The highest BCUT2D eigenvalue weighted by Crippen LogP contribution is 2.24. The van der Waals surface area contributed by atoms with Crippen LogP contribution >= 0.6 is 0 Å². The van der Waals surface area contributed by atoms with Gasteiger partial charge in [0, 0.05) is 29.7 Å². The second-order valence-electron chi connectivity index (χ2n) is 6.09. The van der Waals surface area contributed by atoms with Crippen LogP contribution in [0.25, 0.3) is 0 Å². The first-order valence-electron chi connectivity index (χ1n) is 8.72. The number of hydrogen-bond acceptors (Lipinski definition) is 2. The van der Waals surface area contributed by atoms with E-state index in [0.717, 1.165) is 29.9 Å². The van der Waals surface area contributed by atoms with Gasteiger partial charge in [0.1, 0.15) is 0 Å². The van der Waals surface area contributed by atoms with Gasteiger partial charge < -0.3 is 10.2 Å². The molecule has 0 aromatic rings. The molecule has 0 saturated heterocycles. The summed E-state index contributed by atoms with van der Waals surface area (Å²) in [5, 5.41) is 3.20. The monoisotopic (exact) mass is 316 g/mol. The lowest BCUT2D eigenvalue weighted by molar-refractivity contribution is 0.286. The topological polar surface area (TPSA) is 15.3 Å². The Morgan fingerprint density at radius 3 is 2.09 bits per heavy atom. The average Bonchev–Trinajstić information content (AvgIpc) is 2.51. The molecule has 0 amide bonds. The maximum atomic E-state index is 4.18. The minimum atomic E-state index is 0.515. The molecule has 0 heterocycles. The van der Waals surface area contributed by atoms with Gasteiger partial charge in [-0.15, -0.1) is 0 Å². The summed E-state index contributed by atoms with van der Waals surface area (Å²) in [5.41, 5.74) is 5.39. The maximum Gasteiger partial charge on any atom is 0.0334 e. The number of nitrogens with zero attached hydrogens (tertiary/aromatic N) is 1. The summed E-state index contributed by atoms with van der Waals surface area (Å²) < 4.78 is 0. The van der Waals surface area contributed by atoms with E-state index >= 15 is 0 Å². The third-order valence-electron chi connectivity index (χ3n) is 4.11. The molecule has 0 fully saturated rings. The quantitative estimate of drug-likeness (QED) is 0.475. The SMILES string of the molecule is C=C(/C=C\C(C)=C(/C)N(C(=C)C)C(CC)CCC)C(=C)NCC. The lowest BCUT2D eigenvalue weighted by Crippen LogP contribution is -2.32. The molecule has 0 spiro atoms. The van der Waals surface area contributed by atoms with Gasteiger partial charge in [-0.1, -0.05) is 52.2 Å². The predicted octanol–water partition coefficient (Wildman–Crippen LogP) is 5.93. The van der Waals surface area contributed by atoms with Gasteiger partial charge >= 0.3 is 0 Å². The zero-order chi connectivity index (χ0) is 18.0. The third kappa shape index (κ3) is 6.94. The van der Waals surface area contributed by atoms with Crippen LogP contribution < -0.4 is 5.32 Å². The van der Waals surface area contributed by atoms with Crippen LogP contribution in [0.1, 0.15) is 60.8 Å². The van der Waals surface area contributed by atoms with Crippen molar-refractivity contribution in [3.63, 3.8) is 0 Å². The summed E-state index contributed by atoms with van der Waals surface area (Å²) in [6.45, 7) is 26.0. The molecule has 0 radical (unpaired) electrons. The van der Waals surface area contributed by atoms with Crippen molar-refractivity contribution >= 4 is 0 Å². The summed E-state index contributed by atoms with van der Waals surface area (Å²) in [7, 11) is 0. The molecule has 130 valence electrons. The van der Waals surface area contributed by atoms with Gasteiger partial charge in [0.05, 0.1) is 0 Å². The lowest BCUT2D eigenvalue weighted by Gasteiger charge is -2.35. The van der Waals surface area contributed by atoms with E-state index in [1.807, 2.05) is 6.08 Å². The highest BCUT2D eigenvalue weighted by Gasteiger charge is 2.18. The molecule has 1 atom stereocenters. The van der Waals surface area contributed by atoms with Gasteiger partial charge in [0.15, 0.2) is 0 Å². The van der Waals surface area contributed by atoms with Crippen LogP contribution in [0.4, 0.5) is 0 Å². The van der Waals surface area contributed by atoms with E-state index in [0.29, 0.717) is 6.04 Å². The molecule has 1 N–H and O–H groups in total. The molecule has 0 aromatic carbocycles. The number of nitrogens with one attached hydrogen (secondary N) is 1. The van der Waals surface area contributed by atoms with E-state index in [1.54, 1.807) is 0 Å². The molecule has 23 heavy (non-hydrogen) atoms. The molecule has 0 aliphatic rings. The Morgan fingerprint density at radius 1 is 1.04 bits per heavy atom. The van der Waals surface area contributed by atoms with Crippen LogP contribution in [0.15, 0.2) is 60.1 Å². The van der Waals surface area contributed by atoms with E-state index in [-0.39, 0.29) is 0 Å². The Bertz CT molecular complexity index is 480. The largest absolute Gasteiger partial charge is 0.385 e. The Hall–Kier alpha value is -1.70. The summed E-state index contributed by atoms with van der Waals surface area (Å²) in [6.07, 6.45) is 7.64. The van der Waals surface area contributed by atoms with E-state index in [9.17, 15) is 0 Å². The smallest absolute Gasteiger partial charge is 0.0334 e. The van der Waals surface area contributed by atoms with Gasteiger partial charge in [-0.3, -0.25) is 0 Å². The molecule has 0 rings (SSSR count). The molecular formula is C21H36N2. The van der Waals surface area contributed by atoms with Crippen molar-refractivity contribution in [1.29, 1.82) is 0 Å². The summed E-state index contributed by atoms with van der Waals surface area (Å²) in [4.78, 5) is 2.38. The van der Waals surface area contributed by atoms with E-state index < -0.39 is 0 Å². The van der Waals surface area contributed by atoms with Crippen molar-refractivity contribution in [3.8, 4) is 0 Å². The van der Waals surface area contributed by atoms with Gasteiger partial charge in [-0.25, -0.2) is 0 Å². The molecule has 1 unspecified atom stereocenters. The van der Waals surface area contributed by atoms with Crippen molar-refractivity contribution in [2.45, 2.75) is 66.8 Å². The van der Waals surface area contributed by atoms with Gasteiger partial charge in [-0.05, 0) is 51.7 Å². The fraction of sp³-hybridized carbons (Fsp3) is 0.524. The van der Waals surface area contributed by atoms with Crippen LogP contribution in [0.5, 0.6) is 0 Å². The van der Waals surface area contributed by atoms with Crippen LogP contribution in [0.2, 0.25) is 0 Å². The predicted molar refractivity (Wildman–Crippen MR) is 105 cm³/mol. The summed E-state index contributed by atoms with van der Waals surface area (Å²) in [6, 6.07) is 0.515. The molecule has 0 bridgehead atoms. The summed E-state index contributed by atoms with van der Waals surface area (Å²) in [5.74, 6) is 0. The van der Waals surface area contributed by atoms with Crippen molar-refractivity contribution in [2.24, 2.45) is 0 Å². The van der Waals surface area contributed by atoms with Crippen LogP contribution in [-0.4, -0.2) is 17.5 Å². The van der Waals surface area contributed by atoms with Crippen molar-refractivity contribution in [1.82, 2.24) is 10.2 Å². The van der Waals surface area contributed by atoms with Gasteiger partial charge in [0.25, 0.3) is 0 Å². The van der Waals surface area contributed by atoms with Crippen LogP contribution in [0.3, 0.4) is 0 Å². The minimum Gasteiger partial charge on any atom is -0.385 e. The molecule has 0 saturated carbocycles. The first-order chi connectivity index (χ1) is 10.8. The zero-order valence-electron chi connectivity index (χ0n) is 16.1. The molecule has 0 aliphatic carbocycles. The first-order valence-corrected chi connectivity index (χ1v) is 8.72. The van der Waals surface area contributed by atoms with Crippen LogP contribution in [0, 0.1) is 0 Å². The van der Waals surface area contributed by atoms with E-state index in [1.165, 1.54) is 24.1 Å². The Morgan fingerprint density at radius 2 is 1.65 bits per heavy atom. The van der Waals surface area contributed by atoms with Gasteiger partial charge in [0.2, 0.25) is 0 Å². The Kier molecular flexibility index (Phi) is 10.1. The van der Waals surface area contributed by atoms with Crippen molar-refractivity contribution in [3.05, 3.63) is 60.1 Å². The highest BCUT2D eigenvalue weighted by molar-refractivity contribution is 5.38. The summed E-state index contributed by atoms with van der Waals surface area (Å²) >= 11 is 0. The number of hydrogen-bond donors (Lipinski definition) is 1. The minimum absolute atomic E-state index is 0.515. The molecule has 2 heteroatoms. The molecule has 0 aromatic heterocycles. The average molecular weight is 317 g/mol. The van der Waals surface area contributed by atoms with Crippen molar-refractivity contribution in [2.75, 3.05) is 6.54 Å². The Labute approximate surface area is 144 Å². The normalized spacial score (nSPS) is 13.5. The van der Waals surface area contributed by atoms with Gasteiger partial charge in [-0.2, -0.15) is 0 Å². The maximum absolute atomic E-state index is 4.18. The second kappa shape index (κ2) is 10.9. The lowest BCUT2D eigenvalue weighted by atomic mass is 10.0. The third-order valence-corrected chi connectivity index (χ3v) is 4.11. The molecular weight excluding hydrogens is 280 g/mol. The fourth-order valence-corrected chi connectivity index (χ4v) is 2.68. The molecule has 2 nitrogen and oxygen atoms in total.